The predicted molar refractivity (Wildman–Crippen MR) is 142 cm³/mol. The molecule has 9 heteroatoms. The Morgan fingerprint density at radius 2 is 2.00 bits per heavy atom. The molecule has 9 nitrogen and oxygen atoms in total. The van der Waals surface area contributed by atoms with Crippen LogP contribution in [0.2, 0.25) is 0 Å². The van der Waals surface area contributed by atoms with Crippen LogP contribution in [0.15, 0.2) is 42.5 Å². The smallest absolute Gasteiger partial charge is 0.326 e. The van der Waals surface area contributed by atoms with Crippen molar-refractivity contribution in [2.75, 3.05) is 49.5 Å². The van der Waals surface area contributed by atoms with Crippen LogP contribution in [0.5, 0.6) is 0 Å². The Hall–Kier alpha value is -3.17. The van der Waals surface area contributed by atoms with Crippen LogP contribution in [0, 0.1) is 0 Å². The molecule has 2 atom stereocenters. The summed E-state index contributed by atoms with van der Waals surface area (Å²) in [5, 5.41) is 15.9. The minimum atomic E-state index is -0.988. The number of aryl methyl sites for hydroxylation is 1. The van der Waals surface area contributed by atoms with Crippen LogP contribution < -0.4 is 15.5 Å². The second-order valence-electron chi connectivity index (χ2n) is 10.2. The lowest BCUT2D eigenvalue weighted by Crippen LogP contribution is -2.55. The fraction of sp³-hybridized carbons (Fsp3) is 0.536. The Morgan fingerprint density at radius 1 is 1.16 bits per heavy atom. The van der Waals surface area contributed by atoms with Gasteiger partial charge in [0.05, 0.1) is 12.7 Å². The van der Waals surface area contributed by atoms with E-state index in [9.17, 15) is 14.7 Å². The molecule has 1 amide bonds. The van der Waals surface area contributed by atoms with E-state index in [1.807, 2.05) is 30.3 Å². The molecule has 0 aliphatic carbocycles. The normalized spacial score (nSPS) is 20.5. The number of pyridine rings is 1. The zero-order valence-electron chi connectivity index (χ0n) is 21.3. The lowest BCUT2D eigenvalue weighted by molar-refractivity contribution is -0.142. The van der Waals surface area contributed by atoms with E-state index < -0.39 is 12.0 Å². The largest absolute Gasteiger partial charge is 0.480 e. The van der Waals surface area contributed by atoms with Crippen LogP contribution in [0.4, 0.5) is 11.5 Å². The molecule has 0 saturated carbocycles. The number of carboxylic acids is 1. The van der Waals surface area contributed by atoms with Crippen LogP contribution in [0.25, 0.3) is 0 Å². The molecule has 37 heavy (non-hydrogen) atoms. The molecule has 5 rings (SSSR count). The summed E-state index contributed by atoms with van der Waals surface area (Å²) in [4.78, 5) is 33.8. The van der Waals surface area contributed by atoms with Crippen LogP contribution in [-0.2, 0) is 27.2 Å². The number of nitrogens with zero attached hydrogens (tertiary/aromatic N) is 3. The van der Waals surface area contributed by atoms with Crippen molar-refractivity contribution in [3.63, 3.8) is 0 Å². The SMILES string of the molecule is O=C(O)C(CCN1CC(OCCc2ccc3c(n2)NCCC3)C1)NC(=O)[C@@H]1CCCN1c1ccccc1. The van der Waals surface area contributed by atoms with Gasteiger partial charge in [0.15, 0.2) is 0 Å². The van der Waals surface area contributed by atoms with Gasteiger partial charge >= 0.3 is 5.97 Å². The maximum Gasteiger partial charge on any atom is 0.326 e. The fourth-order valence-electron chi connectivity index (χ4n) is 5.45. The van der Waals surface area contributed by atoms with Crippen LogP contribution in [-0.4, -0.2) is 84.4 Å². The molecule has 2 fully saturated rings. The van der Waals surface area contributed by atoms with Crippen molar-refractivity contribution in [2.45, 2.75) is 56.7 Å². The van der Waals surface area contributed by atoms with Crippen LogP contribution >= 0.6 is 0 Å². The second kappa shape index (κ2) is 11.9. The summed E-state index contributed by atoms with van der Waals surface area (Å²) in [6.07, 6.45) is 5.20. The average molecular weight is 508 g/mol. The van der Waals surface area contributed by atoms with E-state index in [-0.39, 0.29) is 18.1 Å². The first-order valence-corrected chi connectivity index (χ1v) is 13.5. The molecule has 1 aromatic heterocycles. The van der Waals surface area contributed by atoms with Crippen LogP contribution in [0.3, 0.4) is 0 Å². The molecule has 3 aliphatic rings. The number of aromatic nitrogens is 1. The number of rotatable bonds is 11. The summed E-state index contributed by atoms with van der Waals surface area (Å²) in [7, 11) is 0. The molecule has 1 unspecified atom stereocenters. The number of para-hydroxylation sites is 1. The lowest BCUT2D eigenvalue weighted by atomic mass is 10.1. The third-order valence-electron chi connectivity index (χ3n) is 7.58. The van der Waals surface area contributed by atoms with Gasteiger partial charge in [-0.2, -0.15) is 0 Å². The van der Waals surface area contributed by atoms with Gasteiger partial charge in [0.1, 0.15) is 17.9 Å². The van der Waals surface area contributed by atoms with Crippen molar-refractivity contribution in [2.24, 2.45) is 0 Å². The van der Waals surface area contributed by atoms with Gasteiger partial charge in [-0.1, -0.05) is 24.3 Å². The van der Waals surface area contributed by atoms with Gasteiger partial charge < -0.3 is 25.4 Å². The molecule has 0 bridgehead atoms. The van der Waals surface area contributed by atoms with Gasteiger partial charge in [-0.05, 0) is 55.9 Å². The van der Waals surface area contributed by atoms with Crippen molar-refractivity contribution >= 4 is 23.4 Å². The standard InChI is InChI=1S/C28H37N5O4/c34-27(25-9-5-15-33(25)22-7-2-1-3-8-22)31-24(28(35)36)12-16-32-18-23(19-32)37-17-13-21-11-10-20-6-4-14-29-26(20)30-21/h1-3,7-8,10-11,23-25H,4-6,9,12-19H2,(H,29,30)(H,31,34)(H,35,36)/t24?,25-/m0/s1. The Kier molecular flexibility index (Phi) is 8.21. The highest BCUT2D eigenvalue weighted by Gasteiger charge is 2.34. The van der Waals surface area contributed by atoms with Crippen molar-refractivity contribution < 1.29 is 19.4 Å². The third-order valence-corrected chi connectivity index (χ3v) is 7.58. The number of amides is 1. The Bertz CT molecular complexity index is 1080. The average Bonchev–Trinajstić information content (AvgIpc) is 3.39. The number of hydrogen-bond acceptors (Lipinski definition) is 7. The highest BCUT2D eigenvalue weighted by molar-refractivity contribution is 5.89. The Labute approximate surface area is 218 Å². The summed E-state index contributed by atoms with van der Waals surface area (Å²) in [6.45, 7) is 4.58. The molecule has 2 aromatic rings. The first-order valence-electron chi connectivity index (χ1n) is 13.5. The van der Waals surface area contributed by atoms with E-state index in [0.29, 0.717) is 19.6 Å². The minimum absolute atomic E-state index is 0.159. The number of ether oxygens (including phenoxy) is 1. The quantitative estimate of drug-likeness (QED) is 0.426. The number of fused-ring (bicyclic) bond motifs is 1. The predicted octanol–water partition coefficient (Wildman–Crippen LogP) is 2.31. The molecule has 3 N–H and O–H groups in total. The fourth-order valence-corrected chi connectivity index (χ4v) is 5.45. The number of anilines is 2. The molecular weight excluding hydrogens is 470 g/mol. The summed E-state index contributed by atoms with van der Waals surface area (Å²) in [5.74, 6) is -0.179. The van der Waals surface area contributed by atoms with Gasteiger partial charge in [0.25, 0.3) is 0 Å². The first kappa shape index (κ1) is 25.5. The van der Waals surface area contributed by atoms with Gasteiger partial charge in [-0.15, -0.1) is 0 Å². The molecule has 0 spiro atoms. The minimum Gasteiger partial charge on any atom is -0.480 e. The van der Waals surface area contributed by atoms with Gasteiger partial charge in [-0.3, -0.25) is 9.69 Å². The van der Waals surface area contributed by atoms with Crippen molar-refractivity contribution in [1.82, 2.24) is 15.2 Å². The van der Waals surface area contributed by atoms with E-state index in [0.717, 1.165) is 75.5 Å². The van der Waals surface area contributed by atoms with E-state index in [2.05, 4.69) is 32.6 Å². The summed E-state index contributed by atoms with van der Waals surface area (Å²) < 4.78 is 6.00. The molecule has 2 saturated heterocycles. The Morgan fingerprint density at radius 3 is 2.81 bits per heavy atom. The Balaban J connectivity index is 1.02. The highest BCUT2D eigenvalue weighted by atomic mass is 16.5. The third kappa shape index (κ3) is 6.40. The van der Waals surface area contributed by atoms with Crippen molar-refractivity contribution in [3.05, 3.63) is 53.7 Å². The number of carbonyl (C=O) groups is 2. The molecule has 198 valence electrons. The van der Waals surface area contributed by atoms with Gasteiger partial charge in [0.2, 0.25) is 5.91 Å². The zero-order valence-corrected chi connectivity index (χ0v) is 21.3. The van der Waals surface area contributed by atoms with E-state index in [4.69, 9.17) is 9.72 Å². The molecule has 1 aromatic carbocycles. The van der Waals surface area contributed by atoms with Crippen molar-refractivity contribution in [1.29, 1.82) is 0 Å². The summed E-state index contributed by atoms with van der Waals surface area (Å²) >= 11 is 0. The number of hydrogen-bond donors (Lipinski definition) is 3. The number of carbonyl (C=O) groups excluding carboxylic acids is 1. The zero-order chi connectivity index (χ0) is 25.6. The number of nitrogens with one attached hydrogen (secondary N) is 2. The van der Waals surface area contributed by atoms with Crippen LogP contribution in [0.1, 0.15) is 36.9 Å². The number of carboxylic acid groups (broad SMARTS) is 1. The summed E-state index contributed by atoms with van der Waals surface area (Å²) in [6, 6.07) is 12.9. The summed E-state index contributed by atoms with van der Waals surface area (Å²) in [5.41, 5.74) is 3.33. The van der Waals surface area contributed by atoms with E-state index >= 15 is 0 Å². The van der Waals surface area contributed by atoms with Gasteiger partial charge in [0, 0.05) is 50.5 Å². The monoisotopic (exact) mass is 507 g/mol. The second-order valence-corrected chi connectivity index (χ2v) is 10.2. The lowest BCUT2D eigenvalue weighted by Gasteiger charge is -2.39. The number of likely N-dealkylation sites (tertiary alicyclic amines) is 1. The van der Waals surface area contributed by atoms with Crippen molar-refractivity contribution in [3.8, 4) is 0 Å². The maximum absolute atomic E-state index is 13.0. The van der Waals surface area contributed by atoms with Gasteiger partial charge in [-0.25, -0.2) is 9.78 Å². The molecule has 4 heterocycles. The molecular formula is C28H37N5O4. The number of benzene rings is 1. The highest BCUT2D eigenvalue weighted by Crippen LogP contribution is 2.25. The first-order chi connectivity index (χ1) is 18.1. The molecule has 0 radical (unpaired) electrons. The molecule has 3 aliphatic heterocycles. The maximum atomic E-state index is 13.0. The topological polar surface area (TPSA) is 107 Å². The number of aliphatic carboxylic acids is 1. The van der Waals surface area contributed by atoms with E-state index in [1.165, 1.54) is 5.56 Å². The van der Waals surface area contributed by atoms with E-state index in [1.54, 1.807) is 0 Å².